The van der Waals surface area contributed by atoms with E-state index in [4.69, 9.17) is 0 Å². The molecule has 0 unspecified atom stereocenters. The summed E-state index contributed by atoms with van der Waals surface area (Å²) in [6.07, 6.45) is 0. The second-order valence-corrected chi connectivity index (χ2v) is 6.91. The number of para-hydroxylation sites is 1. The first-order valence-electron chi connectivity index (χ1n) is 9.52. The number of hydrogen-bond donors (Lipinski definition) is 0. The molecule has 2 amide bonds. The van der Waals surface area contributed by atoms with Crippen molar-refractivity contribution in [1.82, 2.24) is 9.80 Å². The number of rotatable bonds is 4. The molecular formula is C22H22FN3O2. The summed E-state index contributed by atoms with van der Waals surface area (Å²) in [7, 11) is 0. The van der Waals surface area contributed by atoms with Crippen LogP contribution in [0.5, 0.6) is 0 Å². The maximum Gasteiger partial charge on any atom is 0.282 e. The summed E-state index contributed by atoms with van der Waals surface area (Å²) in [5.74, 6) is -1.53. The predicted molar refractivity (Wildman–Crippen MR) is 106 cm³/mol. The molecule has 2 heterocycles. The lowest BCUT2D eigenvalue weighted by atomic mass is 10.0. The molecule has 6 heteroatoms. The van der Waals surface area contributed by atoms with Crippen LogP contribution >= 0.6 is 0 Å². The van der Waals surface area contributed by atoms with Crippen molar-refractivity contribution in [2.75, 3.05) is 37.6 Å². The lowest BCUT2D eigenvalue weighted by molar-refractivity contribution is -0.120. The summed E-state index contributed by atoms with van der Waals surface area (Å²) in [4.78, 5) is 31.9. The van der Waals surface area contributed by atoms with Gasteiger partial charge in [-0.25, -0.2) is 9.29 Å². The van der Waals surface area contributed by atoms with Gasteiger partial charge >= 0.3 is 0 Å². The van der Waals surface area contributed by atoms with Gasteiger partial charge in [0, 0.05) is 26.2 Å². The highest BCUT2D eigenvalue weighted by Crippen LogP contribution is 2.35. The first kappa shape index (κ1) is 18.4. The number of likely N-dealkylation sites (N-methyl/N-ethyl adjacent to an activating group) is 1. The molecule has 5 nitrogen and oxygen atoms in total. The van der Waals surface area contributed by atoms with Crippen molar-refractivity contribution in [3.8, 4) is 0 Å². The van der Waals surface area contributed by atoms with E-state index in [1.54, 1.807) is 12.1 Å². The number of imide groups is 1. The van der Waals surface area contributed by atoms with Gasteiger partial charge < -0.3 is 9.80 Å². The zero-order chi connectivity index (χ0) is 19.7. The second kappa shape index (κ2) is 7.56. The van der Waals surface area contributed by atoms with Crippen molar-refractivity contribution in [3.05, 3.63) is 71.7 Å². The Morgan fingerprint density at radius 3 is 2.14 bits per heavy atom. The zero-order valence-corrected chi connectivity index (χ0v) is 15.8. The Morgan fingerprint density at radius 1 is 0.857 bits per heavy atom. The van der Waals surface area contributed by atoms with Crippen LogP contribution in [0.1, 0.15) is 12.5 Å². The quantitative estimate of drug-likeness (QED) is 0.767. The van der Waals surface area contributed by atoms with E-state index in [1.165, 1.54) is 12.1 Å². The minimum absolute atomic E-state index is 0.00637. The average molecular weight is 379 g/mol. The molecule has 0 spiro atoms. The van der Waals surface area contributed by atoms with Gasteiger partial charge in [-0.05, 0) is 24.2 Å². The van der Waals surface area contributed by atoms with Gasteiger partial charge in [-0.15, -0.1) is 0 Å². The number of carbonyl (C=O) groups is 2. The molecule has 0 N–H and O–H groups in total. The molecule has 4 rings (SSSR count). The van der Waals surface area contributed by atoms with Crippen LogP contribution < -0.4 is 4.90 Å². The highest BCUT2D eigenvalue weighted by atomic mass is 19.1. The predicted octanol–water partition coefficient (Wildman–Crippen LogP) is 2.75. The van der Waals surface area contributed by atoms with Crippen LogP contribution in [0, 0.1) is 5.82 Å². The van der Waals surface area contributed by atoms with Crippen LogP contribution in [0.25, 0.3) is 5.57 Å². The van der Waals surface area contributed by atoms with E-state index in [0.29, 0.717) is 29.9 Å². The van der Waals surface area contributed by atoms with Crippen molar-refractivity contribution in [1.29, 1.82) is 0 Å². The molecule has 2 aromatic rings. The summed E-state index contributed by atoms with van der Waals surface area (Å²) < 4.78 is 14.4. The van der Waals surface area contributed by atoms with E-state index in [1.807, 2.05) is 35.2 Å². The Balaban J connectivity index is 1.78. The van der Waals surface area contributed by atoms with E-state index in [2.05, 4.69) is 11.8 Å². The fourth-order valence-electron chi connectivity index (χ4n) is 3.82. The number of benzene rings is 2. The van der Waals surface area contributed by atoms with Gasteiger partial charge in [0.05, 0.1) is 11.3 Å². The Kier molecular flexibility index (Phi) is 4.96. The molecule has 1 saturated heterocycles. The maximum atomic E-state index is 14.4. The van der Waals surface area contributed by atoms with Gasteiger partial charge in [-0.2, -0.15) is 0 Å². The van der Waals surface area contributed by atoms with Gasteiger partial charge in [0.2, 0.25) is 0 Å². The molecule has 28 heavy (non-hydrogen) atoms. The number of amides is 2. The molecule has 0 bridgehead atoms. The Labute approximate surface area is 163 Å². The molecule has 2 aliphatic heterocycles. The fraction of sp³-hybridized carbons (Fsp3) is 0.273. The molecular weight excluding hydrogens is 357 g/mol. The third-order valence-electron chi connectivity index (χ3n) is 5.35. The summed E-state index contributed by atoms with van der Waals surface area (Å²) >= 11 is 0. The van der Waals surface area contributed by atoms with Crippen LogP contribution in [0.2, 0.25) is 0 Å². The minimum atomic E-state index is -0.589. The molecule has 1 fully saturated rings. The lowest BCUT2D eigenvalue weighted by Crippen LogP contribution is -2.47. The minimum Gasteiger partial charge on any atom is -0.364 e. The Morgan fingerprint density at radius 2 is 1.50 bits per heavy atom. The average Bonchev–Trinajstić information content (AvgIpc) is 2.99. The first-order chi connectivity index (χ1) is 13.6. The van der Waals surface area contributed by atoms with E-state index >= 15 is 0 Å². The monoisotopic (exact) mass is 379 g/mol. The third-order valence-corrected chi connectivity index (χ3v) is 5.35. The van der Waals surface area contributed by atoms with Crippen LogP contribution in [0.3, 0.4) is 0 Å². The molecule has 2 aliphatic rings. The molecule has 0 aliphatic carbocycles. The van der Waals surface area contributed by atoms with Gasteiger partial charge in [-0.3, -0.25) is 9.59 Å². The number of nitrogens with zero attached hydrogens (tertiary/aromatic N) is 3. The maximum absolute atomic E-state index is 14.4. The normalized spacial score (nSPS) is 18.4. The Bertz CT molecular complexity index is 934. The number of anilines is 1. The summed E-state index contributed by atoms with van der Waals surface area (Å²) in [6.45, 7) is 6.01. The number of carbonyl (C=O) groups excluding carboxylic acids is 2. The molecule has 144 valence electrons. The van der Waals surface area contributed by atoms with Gasteiger partial charge in [0.25, 0.3) is 11.8 Å². The van der Waals surface area contributed by atoms with Gasteiger partial charge in [0.15, 0.2) is 0 Å². The zero-order valence-electron chi connectivity index (χ0n) is 15.8. The van der Waals surface area contributed by atoms with Crippen molar-refractivity contribution in [3.63, 3.8) is 0 Å². The first-order valence-corrected chi connectivity index (χ1v) is 9.52. The van der Waals surface area contributed by atoms with Crippen molar-refractivity contribution in [2.45, 2.75) is 6.92 Å². The topological polar surface area (TPSA) is 43.9 Å². The van der Waals surface area contributed by atoms with Crippen LogP contribution in [-0.4, -0.2) is 54.3 Å². The van der Waals surface area contributed by atoms with Crippen LogP contribution in [0.15, 0.2) is 60.3 Å². The van der Waals surface area contributed by atoms with Gasteiger partial charge in [-0.1, -0.05) is 49.4 Å². The molecule has 0 radical (unpaired) electrons. The van der Waals surface area contributed by atoms with Gasteiger partial charge in [0.1, 0.15) is 11.5 Å². The third kappa shape index (κ3) is 3.10. The molecule has 2 aromatic carbocycles. The molecule has 0 aromatic heterocycles. The number of hydrogen-bond acceptors (Lipinski definition) is 4. The highest BCUT2D eigenvalue weighted by molar-refractivity contribution is 6.45. The van der Waals surface area contributed by atoms with Crippen molar-refractivity contribution < 1.29 is 14.0 Å². The largest absolute Gasteiger partial charge is 0.364 e. The molecule has 0 atom stereocenters. The fourth-order valence-corrected chi connectivity index (χ4v) is 3.82. The van der Waals surface area contributed by atoms with Crippen LogP contribution in [0.4, 0.5) is 10.1 Å². The Hall–Kier alpha value is -2.99. The van der Waals surface area contributed by atoms with E-state index in [-0.39, 0.29) is 5.69 Å². The standard InChI is InChI=1S/C22H22FN3O2/c1-2-24-12-14-25(15-13-24)20-19(16-8-4-3-5-9-16)21(27)26(22(20)28)18-11-7-6-10-17(18)23/h3-11H,2,12-15H2,1H3. The second-order valence-electron chi connectivity index (χ2n) is 6.91. The number of halogens is 1. The summed E-state index contributed by atoms with van der Waals surface area (Å²) in [5, 5.41) is 0. The SMILES string of the molecule is CCN1CCN(C2=C(c3ccccc3)C(=O)N(c3ccccc3F)C2=O)CC1. The van der Waals surface area contributed by atoms with Crippen molar-refractivity contribution in [2.24, 2.45) is 0 Å². The molecule has 0 saturated carbocycles. The smallest absolute Gasteiger partial charge is 0.282 e. The lowest BCUT2D eigenvalue weighted by Gasteiger charge is -2.36. The van der Waals surface area contributed by atoms with Crippen LogP contribution in [-0.2, 0) is 9.59 Å². The summed E-state index contributed by atoms with van der Waals surface area (Å²) in [5.41, 5.74) is 1.38. The number of piperazine rings is 1. The highest BCUT2D eigenvalue weighted by Gasteiger charge is 2.43. The van der Waals surface area contributed by atoms with Crippen molar-refractivity contribution >= 4 is 23.1 Å². The summed E-state index contributed by atoms with van der Waals surface area (Å²) in [6, 6.07) is 15.0. The van der Waals surface area contributed by atoms with E-state index in [0.717, 1.165) is 24.5 Å². The van der Waals surface area contributed by atoms with E-state index < -0.39 is 17.6 Å². The van der Waals surface area contributed by atoms with E-state index in [9.17, 15) is 14.0 Å².